The fourth-order valence-corrected chi connectivity index (χ4v) is 2.08. The second-order valence-corrected chi connectivity index (χ2v) is 4.38. The predicted octanol–water partition coefficient (Wildman–Crippen LogP) is 2.85. The lowest BCUT2D eigenvalue weighted by molar-refractivity contribution is 0.113. The van der Waals surface area contributed by atoms with Crippen molar-refractivity contribution in [2.24, 2.45) is 0 Å². The van der Waals surface area contributed by atoms with Gasteiger partial charge in [-0.15, -0.1) is 0 Å². The summed E-state index contributed by atoms with van der Waals surface area (Å²) in [5.74, 6) is 0.792. The molecular formula is C15H25NO2. The van der Waals surface area contributed by atoms with Gasteiger partial charge in [0.1, 0.15) is 5.75 Å². The molecule has 0 aliphatic heterocycles. The largest absolute Gasteiger partial charge is 0.493 e. The Kier molecular flexibility index (Phi) is 6.76. The summed E-state index contributed by atoms with van der Waals surface area (Å²) in [5, 5.41) is 10.3. The van der Waals surface area contributed by atoms with Gasteiger partial charge in [-0.3, -0.25) is 0 Å². The molecule has 0 aromatic heterocycles. The van der Waals surface area contributed by atoms with E-state index in [0.29, 0.717) is 13.2 Å². The van der Waals surface area contributed by atoms with Gasteiger partial charge in [0.05, 0.1) is 12.7 Å². The summed E-state index contributed by atoms with van der Waals surface area (Å²) in [7, 11) is 0. The number of hydrogen-bond donors (Lipinski definition) is 1. The van der Waals surface area contributed by atoms with Gasteiger partial charge in [-0.1, -0.05) is 32.0 Å². The molecule has 1 aromatic carbocycles. The Bertz CT molecular complexity index is 341. The van der Waals surface area contributed by atoms with Gasteiger partial charge in [-0.25, -0.2) is 0 Å². The first-order valence-electron chi connectivity index (χ1n) is 6.85. The zero-order valence-corrected chi connectivity index (χ0v) is 11.7. The Balaban J connectivity index is 2.73. The van der Waals surface area contributed by atoms with Gasteiger partial charge in [0, 0.05) is 12.1 Å². The standard InChI is InChI=1S/C15H25NO2/c1-4-11-16(5-2)12-14(17)13-9-7-8-10-15(13)18-6-3/h7-10,14,17H,4-6,11-12H2,1-3H3. The Morgan fingerprint density at radius 3 is 2.56 bits per heavy atom. The number of para-hydroxylation sites is 1. The molecule has 1 aromatic rings. The summed E-state index contributed by atoms with van der Waals surface area (Å²) in [5.41, 5.74) is 0.883. The molecule has 0 saturated heterocycles. The van der Waals surface area contributed by atoms with E-state index in [0.717, 1.165) is 30.8 Å². The van der Waals surface area contributed by atoms with Crippen molar-refractivity contribution in [2.45, 2.75) is 33.3 Å². The third kappa shape index (κ3) is 4.31. The zero-order chi connectivity index (χ0) is 13.4. The first kappa shape index (κ1) is 15.0. The molecule has 1 atom stereocenters. The molecule has 1 N–H and O–H groups in total. The number of aliphatic hydroxyl groups is 1. The van der Waals surface area contributed by atoms with Crippen LogP contribution in [0.3, 0.4) is 0 Å². The van der Waals surface area contributed by atoms with Gasteiger partial charge in [0.15, 0.2) is 0 Å². The quantitative estimate of drug-likeness (QED) is 0.771. The number of nitrogens with zero attached hydrogens (tertiary/aromatic N) is 1. The maximum atomic E-state index is 10.3. The fraction of sp³-hybridized carbons (Fsp3) is 0.600. The lowest BCUT2D eigenvalue weighted by Crippen LogP contribution is -2.29. The second kappa shape index (κ2) is 8.11. The third-order valence-corrected chi connectivity index (χ3v) is 3.00. The van der Waals surface area contributed by atoms with Crippen LogP contribution in [0.15, 0.2) is 24.3 Å². The number of ether oxygens (including phenoxy) is 1. The highest BCUT2D eigenvalue weighted by molar-refractivity contribution is 5.35. The van der Waals surface area contributed by atoms with Crippen LogP contribution in [0.5, 0.6) is 5.75 Å². The molecule has 18 heavy (non-hydrogen) atoms. The number of benzene rings is 1. The number of hydrogen-bond acceptors (Lipinski definition) is 3. The lowest BCUT2D eigenvalue weighted by atomic mass is 10.1. The molecular weight excluding hydrogens is 226 g/mol. The molecule has 102 valence electrons. The van der Waals surface area contributed by atoms with Crippen LogP contribution in [0.4, 0.5) is 0 Å². The first-order chi connectivity index (χ1) is 8.72. The lowest BCUT2D eigenvalue weighted by Gasteiger charge is -2.24. The summed E-state index contributed by atoms with van der Waals surface area (Å²) in [6.07, 6.45) is 0.618. The first-order valence-corrected chi connectivity index (χ1v) is 6.85. The molecule has 3 heteroatoms. The minimum atomic E-state index is -0.487. The Morgan fingerprint density at radius 2 is 1.94 bits per heavy atom. The molecule has 0 heterocycles. The minimum absolute atomic E-state index is 0.487. The molecule has 0 aliphatic rings. The van der Waals surface area contributed by atoms with Gasteiger partial charge in [0.2, 0.25) is 0 Å². The molecule has 0 aliphatic carbocycles. The van der Waals surface area contributed by atoms with E-state index in [1.807, 2.05) is 31.2 Å². The van der Waals surface area contributed by atoms with Gasteiger partial charge in [-0.05, 0) is 32.5 Å². The van der Waals surface area contributed by atoms with E-state index in [4.69, 9.17) is 4.74 Å². The van der Waals surface area contributed by atoms with Crippen molar-refractivity contribution in [1.29, 1.82) is 0 Å². The summed E-state index contributed by atoms with van der Waals surface area (Å²) < 4.78 is 5.55. The highest BCUT2D eigenvalue weighted by Gasteiger charge is 2.15. The van der Waals surface area contributed by atoms with Crippen LogP contribution in [-0.4, -0.2) is 36.2 Å². The van der Waals surface area contributed by atoms with E-state index >= 15 is 0 Å². The molecule has 0 fully saturated rings. The van der Waals surface area contributed by atoms with Crippen molar-refractivity contribution < 1.29 is 9.84 Å². The Labute approximate surface area is 110 Å². The number of likely N-dealkylation sites (N-methyl/N-ethyl adjacent to an activating group) is 1. The summed E-state index contributed by atoms with van der Waals surface area (Å²) in [6.45, 7) is 9.50. The molecule has 0 spiro atoms. The maximum Gasteiger partial charge on any atom is 0.125 e. The van der Waals surface area contributed by atoms with Crippen LogP contribution in [0.1, 0.15) is 38.9 Å². The fourth-order valence-electron chi connectivity index (χ4n) is 2.08. The van der Waals surface area contributed by atoms with E-state index in [9.17, 15) is 5.11 Å². The van der Waals surface area contributed by atoms with Crippen molar-refractivity contribution >= 4 is 0 Å². The Morgan fingerprint density at radius 1 is 1.22 bits per heavy atom. The molecule has 0 radical (unpaired) electrons. The smallest absolute Gasteiger partial charge is 0.125 e. The predicted molar refractivity (Wildman–Crippen MR) is 75.0 cm³/mol. The topological polar surface area (TPSA) is 32.7 Å². The van der Waals surface area contributed by atoms with E-state index in [-0.39, 0.29) is 0 Å². The summed E-state index contributed by atoms with van der Waals surface area (Å²) in [6, 6.07) is 7.73. The minimum Gasteiger partial charge on any atom is -0.493 e. The van der Waals surface area contributed by atoms with Crippen molar-refractivity contribution in [3.63, 3.8) is 0 Å². The average Bonchev–Trinajstić information content (AvgIpc) is 2.39. The SMILES string of the molecule is CCCN(CC)CC(O)c1ccccc1OCC. The molecule has 0 saturated carbocycles. The van der Waals surface area contributed by atoms with E-state index in [1.54, 1.807) is 0 Å². The number of rotatable bonds is 8. The van der Waals surface area contributed by atoms with Crippen molar-refractivity contribution in [3.05, 3.63) is 29.8 Å². The van der Waals surface area contributed by atoms with E-state index in [1.165, 1.54) is 0 Å². The summed E-state index contributed by atoms with van der Waals surface area (Å²) in [4.78, 5) is 2.26. The number of aliphatic hydroxyl groups excluding tert-OH is 1. The van der Waals surface area contributed by atoms with Crippen molar-refractivity contribution in [1.82, 2.24) is 4.90 Å². The van der Waals surface area contributed by atoms with Crippen molar-refractivity contribution in [3.8, 4) is 5.75 Å². The highest BCUT2D eigenvalue weighted by Crippen LogP contribution is 2.25. The van der Waals surface area contributed by atoms with Crippen LogP contribution in [0.25, 0.3) is 0 Å². The molecule has 1 unspecified atom stereocenters. The van der Waals surface area contributed by atoms with E-state index in [2.05, 4.69) is 18.7 Å². The van der Waals surface area contributed by atoms with Gasteiger partial charge in [-0.2, -0.15) is 0 Å². The van der Waals surface area contributed by atoms with Crippen LogP contribution in [0, 0.1) is 0 Å². The highest BCUT2D eigenvalue weighted by atomic mass is 16.5. The van der Waals surface area contributed by atoms with Crippen molar-refractivity contribution in [2.75, 3.05) is 26.2 Å². The van der Waals surface area contributed by atoms with Crippen LogP contribution in [-0.2, 0) is 0 Å². The average molecular weight is 251 g/mol. The Hall–Kier alpha value is -1.06. The molecule has 0 bridgehead atoms. The zero-order valence-electron chi connectivity index (χ0n) is 11.7. The maximum absolute atomic E-state index is 10.3. The van der Waals surface area contributed by atoms with Crippen LogP contribution >= 0.6 is 0 Å². The normalized spacial score (nSPS) is 12.7. The van der Waals surface area contributed by atoms with Gasteiger partial charge < -0.3 is 14.7 Å². The second-order valence-electron chi connectivity index (χ2n) is 4.38. The van der Waals surface area contributed by atoms with E-state index < -0.39 is 6.10 Å². The van der Waals surface area contributed by atoms with Gasteiger partial charge >= 0.3 is 0 Å². The molecule has 0 amide bonds. The molecule has 3 nitrogen and oxygen atoms in total. The monoisotopic (exact) mass is 251 g/mol. The third-order valence-electron chi connectivity index (χ3n) is 3.00. The van der Waals surface area contributed by atoms with Gasteiger partial charge in [0.25, 0.3) is 0 Å². The summed E-state index contributed by atoms with van der Waals surface area (Å²) >= 11 is 0. The van der Waals surface area contributed by atoms with Crippen LogP contribution < -0.4 is 4.74 Å². The molecule has 1 rings (SSSR count). The van der Waals surface area contributed by atoms with Crippen LogP contribution in [0.2, 0.25) is 0 Å².